The summed E-state index contributed by atoms with van der Waals surface area (Å²) in [5, 5.41) is 15.9. The molecule has 0 saturated heterocycles. The van der Waals surface area contributed by atoms with Crippen molar-refractivity contribution >= 4 is 23.5 Å². The summed E-state index contributed by atoms with van der Waals surface area (Å²) in [5.74, 6) is 0.0903. The Labute approximate surface area is 213 Å². The monoisotopic (exact) mass is 500 g/mol. The van der Waals surface area contributed by atoms with Crippen LogP contribution in [0.3, 0.4) is 0 Å². The number of hydrogen-bond acceptors (Lipinski definition) is 5. The minimum Gasteiger partial charge on any atom is -0.487 e. The molecule has 1 aromatic carbocycles. The highest BCUT2D eigenvalue weighted by molar-refractivity contribution is 6.00. The van der Waals surface area contributed by atoms with Crippen LogP contribution >= 0.6 is 0 Å². The molecule has 2 fully saturated rings. The molecule has 4 rings (SSSR count). The summed E-state index contributed by atoms with van der Waals surface area (Å²) >= 11 is 0. The lowest BCUT2D eigenvalue weighted by molar-refractivity contribution is -0.117. The van der Waals surface area contributed by atoms with Crippen LogP contribution < -0.4 is 15.4 Å². The van der Waals surface area contributed by atoms with Crippen molar-refractivity contribution in [3.05, 3.63) is 23.8 Å². The van der Waals surface area contributed by atoms with Gasteiger partial charge in [0.2, 0.25) is 5.91 Å². The average Bonchev–Trinajstić information content (AvgIpc) is 3.72. The van der Waals surface area contributed by atoms with Gasteiger partial charge in [-0.1, -0.05) is 26.2 Å². The van der Waals surface area contributed by atoms with Gasteiger partial charge in [0, 0.05) is 37.2 Å². The summed E-state index contributed by atoms with van der Waals surface area (Å²) in [6.07, 6.45) is 6.96. The number of likely N-dealkylation sites (N-methyl/N-ethyl adjacent to an activating group) is 1. The number of ether oxygens (including phenoxy) is 1. The van der Waals surface area contributed by atoms with Crippen molar-refractivity contribution < 1.29 is 24.2 Å². The van der Waals surface area contributed by atoms with E-state index in [1.807, 2.05) is 13.8 Å². The van der Waals surface area contributed by atoms with Crippen molar-refractivity contribution in [1.82, 2.24) is 15.1 Å². The molecule has 0 unspecified atom stereocenters. The number of rotatable bonds is 7. The number of aliphatic hydroxyl groups is 1. The van der Waals surface area contributed by atoms with Gasteiger partial charge in [0.05, 0.1) is 24.8 Å². The molecule has 198 valence electrons. The van der Waals surface area contributed by atoms with Gasteiger partial charge in [-0.05, 0) is 50.8 Å². The molecule has 4 amide bonds. The van der Waals surface area contributed by atoms with Crippen molar-refractivity contribution in [2.24, 2.45) is 11.8 Å². The van der Waals surface area contributed by atoms with E-state index in [1.165, 1.54) is 6.42 Å². The zero-order chi connectivity index (χ0) is 25.8. The fraction of sp³-hybridized carbons (Fsp3) is 0.667. The van der Waals surface area contributed by atoms with Crippen molar-refractivity contribution in [1.29, 1.82) is 0 Å². The molecular formula is C27H40N4O5. The Hall–Kier alpha value is -2.81. The third kappa shape index (κ3) is 6.30. The van der Waals surface area contributed by atoms with Gasteiger partial charge in [0.15, 0.2) is 0 Å². The van der Waals surface area contributed by atoms with E-state index in [2.05, 4.69) is 10.6 Å². The molecule has 0 spiro atoms. The number of benzene rings is 1. The molecule has 1 aliphatic heterocycles. The first-order valence-electron chi connectivity index (χ1n) is 13.3. The predicted octanol–water partition coefficient (Wildman–Crippen LogP) is 3.23. The van der Waals surface area contributed by atoms with Crippen LogP contribution in [0.25, 0.3) is 0 Å². The number of carbonyl (C=O) groups is 3. The smallest absolute Gasteiger partial charge is 0.317 e. The quantitative estimate of drug-likeness (QED) is 0.532. The van der Waals surface area contributed by atoms with Crippen molar-refractivity contribution in [2.75, 3.05) is 32.1 Å². The minimum atomic E-state index is -0.386. The summed E-state index contributed by atoms with van der Waals surface area (Å²) in [6, 6.07) is 4.83. The Morgan fingerprint density at radius 1 is 1.19 bits per heavy atom. The van der Waals surface area contributed by atoms with Gasteiger partial charge in [-0.2, -0.15) is 0 Å². The first kappa shape index (κ1) is 26.3. The lowest BCUT2D eigenvalue weighted by atomic mass is 9.96. The largest absolute Gasteiger partial charge is 0.487 e. The maximum absolute atomic E-state index is 13.5. The summed E-state index contributed by atoms with van der Waals surface area (Å²) < 4.78 is 6.37. The number of nitrogens with zero attached hydrogens (tertiary/aromatic N) is 2. The molecule has 9 heteroatoms. The molecular weight excluding hydrogens is 460 g/mol. The van der Waals surface area contributed by atoms with E-state index in [4.69, 9.17) is 4.74 Å². The van der Waals surface area contributed by atoms with Crippen LogP contribution in [-0.4, -0.2) is 77.7 Å². The maximum atomic E-state index is 13.5. The SMILES string of the molecule is C[C@H]1CN([C@@H](C)CO)C(=O)c2cc(NC(=O)C3CC3)ccc2O[C@@H]1CN(C)C(=O)NC1CCCCC1. The highest BCUT2D eigenvalue weighted by Crippen LogP contribution is 2.33. The number of anilines is 1. The summed E-state index contributed by atoms with van der Waals surface area (Å²) in [5.41, 5.74) is 0.892. The highest BCUT2D eigenvalue weighted by atomic mass is 16.5. The van der Waals surface area contributed by atoms with Crippen LogP contribution in [0.15, 0.2) is 18.2 Å². The minimum absolute atomic E-state index is 0.0353. The molecule has 0 bridgehead atoms. The van der Waals surface area contributed by atoms with E-state index in [9.17, 15) is 19.5 Å². The lowest BCUT2D eigenvalue weighted by Gasteiger charge is -2.38. The van der Waals surface area contributed by atoms with Gasteiger partial charge in [-0.15, -0.1) is 0 Å². The topological polar surface area (TPSA) is 111 Å². The van der Waals surface area contributed by atoms with Crippen LogP contribution in [0.2, 0.25) is 0 Å². The first-order chi connectivity index (χ1) is 17.3. The number of hydrogen-bond donors (Lipinski definition) is 3. The highest BCUT2D eigenvalue weighted by Gasteiger charge is 2.35. The number of aliphatic hydroxyl groups excluding tert-OH is 1. The van der Waals surface area contributed by atoms with Crippen LogP contribution in [0, 0.1) is 11.8 Å². The lowest BCUT2D eigenvalue weighted by Crippen LogP contribution is -2.52. The molecule has 0 aromatic heterocycles. The molecule has 0 radical (unpaired) electrons. The molecule has 36 heavy (non-hydrogen) atoms. The zero-order valence-electron chi connectivity index (χ0n) is 21.7. The van der Waals surface area contributed by atoms with E-state index in [0.29, 0.717) is 30.1 Å². The summed E-state index contributed by atoms with van der Waals surface area (Å²) in [7, 11) is 1.77. The van der Waals surface area contributed by atoms with E-state index in [0.717, 1.165) is 38.5 Å². The van der Waals surface area contributed by atoms with Crippen molar-refractivity contribution in [2.45, 2.75) is 77.0 Å². The molecule has 9 nitrogen and oxygen atoms in total. The van der Waals surface area contributed by atoms with Crippen LogP contribution in [-0.2, 0) is 4.79 Å². The Bertz CT molecular complexity index is 959. The van der Waals surface area contributed by atoms with Crippen LogP contribution in [0.1, 0.15) is 69.2 Å². The number of amides is 4. The molecule has 3 N–H and O–H groups in total. The molecule has 3 aliphatic rings. The number of nitrogens with one attached hydrogen (secondary N) is 2. The number of fused-ring (bicyclic) bond motifs is 1. The third-order valence-electron chi connectivity index (χ3n) is 7.61. The second kappa shape index (κ2) is 11.5. The van der Waals surface area contributed by atoms with Crippen LogP contribution in [0.5, 0.6) is 5.75 Å². The van der Waals surface area contributed by atoms with E-state index >= 15 is 0 Å². The van der Waals surface area contributed by atoms with E-state index in [1.54, 1.807) is 35.0 Å². The molecule has 1 heterocycles. The van der Waals surface area contributed by atoms with E-state index < -0.39 is 0 Å². The van der Waals surface area contributed by atoms with Gasteiger partial charge in [-0.3, -0.25) is 9.59 Å². The summed E-state index contributed by atoms with van der Waals surface area (Å²) in [6.45, 7) is 4.37. The zero-order valence-corrected chi connectivity index (χ0v) is 21.7. The van der Waals surface area contributed by atoms with Crippen LogP contribution in [0.4, 0.5) is 10.5 Å². The number of carbonyl (C=O) groups excluding carboxylic acids is 3. The van der Waals surface area contributed by atoms with Crippen molar-refractivity contribution in [3.63, 3.8) is 0 Å². The third-order valence-corrected chi connectivity index (χ3v) is 7.61. The van der Waals surface area contributed by atoms with E-state index in [-0.39, 0.29) is 54.5 Å². The number of urea groups is 1. The second-order valence-corrected chi connectivity index (χ2v) is 10.8. The fourth-order valence-electron chi connectivity index (χ4n) is 4.99. The molecule has 1 aromatic rings. The summed E-state index contributed by atoms with van der Waals surface area (Å²) in [4.78, 5) is 42.0. The molecule has 2 aliphatic carbocycles. The van der Waals surface area contributed by atoms with Gasteiger partial charge >= 0.3 is 6.03 Å². The Kier molecular flexibility index (Phi) is 8.39. The standard InChI is InChI=1S/C27H40N4O5/c1-17-14-31(18(2)16-32)26(34)22-13-21(28-25(33)19-9-10-19)11-12-23(22)36-24(17)15-30(3)27(35)29-20-7-5-4-6-8-20/h11-13,17-20,24,32H,4-10,14-16H2,1-3H3,(H,28,33)(H,29,35)/t17-,18-,24+/m0/s1. The van der Waals surface area contributed by atoms with Crippen molar-refractivity contribution in [3.8, 4) is 5.75 Å². The maximum Gasteiger partial charge on any atom is 0.317 e. The van der Waals surface area contributed by atoms with Gasteiger partial charge in [-0.25, -0.2) is 4.79 Å². The van der Waals surface area contributed by atoms with Gasteiger partial charge < -0.3 is 30.3 Å². The Morgan fingerprint density at radius 3 is 2.58 bits per heavy atom. The second-order valence-electron chi connectivity index (χ2n) is 10.8. The fourth-order valence-corrected chi connectivity index (χ4v) is 4.99. The Balaban J connectivity index is 1.53. The van der Waals surface area contributed by atoms with Gasteiger partial charge in [0.1, 0.15) is 11.9 Å². The molecule has 3 atom stereocenters. The normalized spacial score (nSPS) is 23.6. The Morgan fingerprint density at radius 2 is 1.92 bits per heavy atom. The molecule has 2 saturated carbocycles. The predicted molar refractivity (Wildman–Crippen MR) is 137 cm³/mol. The van der Waals surface area contributed by atoms with Gasteiger partial charge in [0.25, 0.3) is 5.91 Å². The average molecular weight is 501 g/mol. The first-order valence-corrected chi connectivity index (χ1v) is 13.3.